The van der Waals surface area contributed by atoms with Gasteiger partial charge >= 0.3 is 0 Å². The summed E-state index contributed by atoms with van der Waals surface area (Å²) in [6, 6.07) is 18.7. The topological polar surface area (TPSA) is 40.7 Å². The van der Waals surface area contributed by atoms with E-state index in [-0.39, 0.29) is 11.9 Å². The van der Waals surface area contributed by atoms with Crippen LogP contribution in [0, 0.1) is 19.7 Å². The molecule has 0 aliphatic rings. The van der Waals surface area contributed by atoms with E-state index < -0.39 is 0 Å². The second-order valence-corrected chi connectivity index (χ2v) is 6.56. The van der Waals surface area contributed by atoms with Gasteiger partial charge in [0.05, 0.1) is 6.04 Å². The number of H-pyrrole nitrogens is 1. The largest absolute Gasteiger partial charge is 0.359 e. The molecule has 130 valence electrons. The van der Waals surface area contributed by atoms with E-state index in [9.17, 15) is 4.39 Å². The molecule has 0 radical (unpaired) electrons. The van der Waals surface area contributed by atoms with Crippen molar-refractivity contribution in [3.8, 4) is 0 Å². The molecule has 3 nitrogen and oxygen atoms in total. The minimum absolute atomic E-state index is 0.138. The summed E-state index contributed by atoms with van der Waals surface area (Å²) in [5.41, 5.74) is 5.45. The van der Waals surface area contributed by atoms with Crippen LogP contribution in [0.1, 0.15) is 28.4 Å². The van der Waals surface area contributed by atoms with Gasteiger partial charge in [-0.05, 0) is 55.3 Å². The Hall–Kier alpha value is -3.14. The summed E-state index contributed by atoms with van der Waals surface area (Å²) in [5.74, 6) is 0.556. The number of benzene rings is 2. The lowest BCUT2D eigenvalue weighted by Gasteiger charge is -2.21. The molecule has 0 bridgehead atoms. The minimum atomic E-state index is -0.239. The molecule has 4 aromatic rings. The van der Waals surface area contributed by atoms with Gasteiger partial charge in [0.1, 0.15) is 11.6 Å². The number of para-hydroxylation sites is 1. The maximum atomic E-state index is 13.5. The summed E-state index contributed by atoms with van der Waals surface area (Å²) in [6.45, 7) is 4.11. The van der Waals surface area contributed by atoms with Crippen molar-refractivity contribution >= 4 is 16.7 Å². The van der Waals surface area contributed by atoms with Gasteiger partial charge in [0, 0.05) is 28.4 Å². The molecular weight excluding hydrogens is 325 g/mol. The molecule has 0 saturated heterocycles. The number of hydrogen-bond acceptors (Lipinski definition) is 2. The van der Waals surface area contributed by atoms with Gasteiger partial charge in [-0.3, -0.25) is 0 Å². The summed E-state index contributed by atoms with van der Waals surface area (Å²) >= 11 is 0. The van der Waals surface area contributed by atoms with Crippen LogP contribution in [-0.4, -0.2) is 9.97 Å². The van der Waals surface area contributed by atoms with Gasteiger partial charge in [0.2, 0.25) is 0 Å². The van der Waals surface area contributed by atoms with E-state index in [0.717, 1.165) is 39.1 Å². The second-order valence-electron chi connectivity index (χ2n) is 6.56. The lowest BCUT2D eigenvalue weighted by molar-refractivity contribution is 0.626. The van der Waals surface area contributed by atoms with E-state index in [4.69, 9.17) is 0 Å². The Morgan fingerprint density at radius 2 is 1.77 bits per heavy atom. The first-order valence-corrected chi connectivity index (χ1v) is 8.63. The molecule has 0 aliphatic heterocycles. The molecule has 0 saturated carbocycles. The second kappa shape index (κ2) is 6.64. The van der Waals surface area contributed by atoms with Crippen molar-refractivity contribution in [2.45, 2.75) is 19.9 Å². The van der Waals surface area contributed by atoms with E-state index in [2.05, 4.69) is 34.3 Å². The summed E-state index contributed by atoms with van der Waals surface area (Å²) in [5, 5.41) is 4.69. The van der Waals surface area contributed by atoms with Crippen molar-refractivity contribution in [2.75, 3.05) is 5.32 Å². The van der Waals surface area contributed by atoms with E-state index in [1.54, 1.807) is 6.20 Å². The Bertz CT molecular complexity index is 1050. The van der Waals surface area contributed by atoms with Crippen LogP contribution in [0.2, 0.25) is 0 Å². The number of rotatable bonds is 4. The van der Waals surface area contributed by atoms with Crippen molar-refractivity contribution < 1.29 is 4.39 Å². The molecule has 2 N–H and O–H groups in total. The van der Waals surface area contributed by atoms with Crippen molar-refractivity contribution in [3.05, 3.63) is 95.1 Å². The van der Waals surface area contributed by atoms with E-state index in [0.29, 0.717) is 0 Å². The Morgan fingerprint density at radius 3 is 2.54 bits per heavy atom. The maximum Gasteiger partial charge on any atom is 0.126 e. The number of hydrogen-bond donors (Lipinski definition) is 2. The fourth-order valence-electron chi connectivity index (χ4n) is 3.41. The average Bonchev–Trinajstić information content (AvgIpc) is 2.96. The SMILES string of the molecule is Cc1ccnc(NC(c2ccc(F)cc2)c2c(C)[nH]c3ccccc23)c1. The number of aromatic nitrogens is 2. The number of nitrogens with zero attached hydrogens (tertiary/aromatic N) is 1. The Labute approximate surface area is 151 Å². The fraction of sp³-hybridized carbons (Fsp3) is 0.136. The van der Waals surface area contributed by atoms with E-state index in [1.165, 1.54) is 12.1 Å². The molecule has 0 amide bonds. The lowest BCUT2D eigenvalue weighted by Crippen LogP contribution is -2.14. The molecule has 1 unspecified atom stereocenters. The van der Waals surface area contributed by atoms with Crippen LogP contribution in [0.4, 0.5) is 10.2 Å². The molecule has 2 aromatic carbocycles. The van der Waals surface area contributed by atoms with Gasteiger partial charge in [-0.2, -0.15) is 0 Å². The molecule has 0 spiro atoms. The highest BCUT2D eigenvalue weighted by molar-refractivity contribution is 5.86. The van der Waals surface area contributed by atoms with Crippen molar-refractivity contribution in [3.63, 3.8) is 0 Å². The third-order valence-corrected chi connectivity index (χ3v) is 4.64. The molecule has 4 rings (SSSR count). The highest BCUT2D eigenvalue weighted by atomic mass is 19.1. The zero-order chi connectivity index (χ0) is 18.1. The highest BCUT2D eigenvalue weighted by Gasteiger charge is 2.21. The minimum Gasteiger partial charge on any atom is -0.359 e. The number of aryl methyl sites for hydroxylation is 2. The van der Waals surface area contributed by atoms with Crippen LogP contribution in [0.3, 0.4) is 0 Å². The highest BCUT2D eigenvalue weighted by Crippen LogP contribution is 2.34. The van der Waals surface area contributed by atoms with Crippen LogP contribution in [-0.2, 0) is 0 Å². The first-order valence-electron chi connectivity index (χ1n) is 8.63. The van der Waals surface area contributed by atoms with E-state index in [1.807, 2.05) is 43.3 Å². The molecule has 1 atom stereocenters. The van der Waals surface area contributed by atoms with Crippen molar-refractivity contribution in [1.82, 2.24) is 9.97 Å². The Balaban J connectivity index is 1.87. The fourth-order valence-corrected chi connectivity index (χ4v) is 3.41. The predicted octanol–water partition coefficient (Wildman–Crippen LogP) is 5.52. The Morgan fingerprint density at radius 1 is 1.00 bits per heavy atom. The summed E-state index contributed by atoms with van der Waals surface area (Å²) in [6.07, 6.45) is 1.79. The van der Waals surface area contributed by atoms with Crippen LogP contribution < -0.4 is 5.32 Å². The smallest absolute Gasteiger partial charge is 0.126 e. The molecule has 4 heteroatoms. The summed E-state index contributed by atoms with van der Waals surface area (Å²) in [4.78, 5) is 7.90. The first-order chi connectivity index (χ1) is 12.6. The zero-order valence-electron chi connectivity index (χ0n) is 14.8. The molecule has 26 heavy (non-hydrogen) atoms. The van der Waals surface area contributed by atoms with Gasteiger partial charge in [-0.15, -0.1) is 0 Å². The number of nitrogens with one attached hydrogen (secondary N) is 2. The van der Waals surface area contributed by atoms with Crippen LogP contribution in [0.15, 0.2) is 66.9 Å². The summed E-state index contributed by atoms with van der Waals surface area (Å²) < 4.78 is 13.5. The predicted molar refractivity (Wildman–Crippen MR) is 104 cm³/mol. The quantitative estimate of drug-likeness (QED) is 0.511. The standard InChI is InChI=1S/C22H20FN3/c1-14-11-12-24-20(13-14)26-22(16-7-9-17(23)10-8-16)21-15(2)25-19-6-4-3-5-18(19)21/h3-13,22,25H,1-2H3,(H,24,26). The lowest BCUT2D eigenvalue weighted by atomic mass is 9.96. The van der Waals surface area contributed by atoms with Crippen LogP contribution in [0.5, 0.6) is 0 Å². The van der Waals surface area contributed by atoms with Crippen LogP contribution in [0.25, 0.3) is 10.9 Å². The molecule has 2 heterocycles. The number of pyridine rings is 1. The number of fused-ring (bicyclic) bond motifs is 1. The van der Waals surface area contributed by atoms with Crippen molar-refractivity contribution in [1.29, 1.82) is 0 Å². The molecular formula is C22H20FN3. The average molecular weight is 345 g/mol. The molecule has 0 fully saturated rings. The number of anilines is 1. The number of aromatic amines is 1. The van der Waals surface area contributed by atoms with Crippen molar-refractivity contribution in [2.24, 2.45) is 0 Å². The van der Waals surface area contributed by atoms with Gasteiger partial charge in [0.15, 0.2) is 0 Å². The maximum absolute atomic E-state index is 13.5. The van der Waals surface area contributed by atoms with Gasteiger partial charge in [0.25, 0.3) is 0 Å². The van der Waals surface area contributed by atoms with Gasteiger partial charge in [-0.25, -0.2) is 9.37 Å². The first kappa shape index (κ1) is 16.3. The molecule has 2 aromatic heterocycles. The monoisotopic (exact) mass is 345 g/mol. The van der Waals surface area contributed by atoms with E-state index >= 15 is 0 Å². The van der Waals surface area contributed by atoms with Gasteiger partial charge in [-0.1, -0.05) is 30.3 Å². The third-order valence-electron chi connectivity index (χ3n) is 4.64. The van der Waals surface area contributed by atoms with Gasteiger partial charge < -0.3 is 10.3 Å². The number of halogens is 1. The zero-order valence-corrected chi connectivity index (χ0v) is 14.8. The molecule has 0 aliphatic carbocycles. The Kier molecular flexibility index (Phi) is 4.17. The van der Waals surface area contributed by atoms with Crippen LogP contribution >= 0.6 is 0 Å². The summed E-state index contributed by atoms with van der Waals surface area (Å²) in [7, 11) is 0. The third kappa shape index (κ3) is 3.06. The normalized spacial score (nSPS) is 12.3.